The summed E-state index contributed by atoms with van der Waals surface area (Å²) < 4.78 is 30.0. The number of alkyl halides is 2. The van der Waals surface area contributed by atoms with Crippen molar-refractivity contribution < 1.29 is 13.5 Å². The molecule has 2 nitrogen and oxygen atoms in total. The molecular weight excluding hydrogens is 244 g/mol. The highest BCUT2D eigenvalue weighted by Gasteiger charge is 2.11. The van der Waals surface area contributed by atoms with Crippen LogP contribution in [0, 0.1) is 0 Å². The van der Waals surface area contributed by atoms with Crippen molar-refractivity contribution in [2.24, 2.45) is 0 Å². The second-order valence-corrected chi connectivity index (χ2v) is 4.61. The number of halogens is 2. The van der Waals surface area contributed by atoms with Crippen LogP contribution in [0.1, 0.15) is 13.8 Å². The van der Waals surface area contributed by atoms with E-state index in [1.807, 2.05) is 19.9 Å². The Kier molecular flexibility index (Phi) is 6.29. The third-order valence-corrected chi connectivity index (χ3v) is 2.87. The minimum atomic E-state index is -2.40. The molecule has 1 N–H and O–H groups in total. The number of hydrogen-bond donors (Lipinski definition) is 1. The maximum atomic E-state index is 12.4. The maximum absolute atomic E-state index is 12.4. The molecule has 0 bridgehead atoms. The van der Waals surface area contributed by atoms with Gasteiger partial charge in [-0.3, -0.25) is 0 Å². The summed E-state index contributed by atoms with van der Waals surface area (Å²) in [6.45, 7) is 5.09. The van der Waals surface area contributed by atoms with Crippen LogP contribution in [-0.4, -0.2) is 25.0 Å². The summed E-state index contributed by atoms with van der Waals surface area (Å²) in [5.41, 5.74) is 0.727. The van der Waals surface area contributed by atoms with E-state index in [1.54, 1.807) is 18.2 Å². The van der Waals surface area contributed by atoms with Crippen LogP contribution in [-0.2, 0) is 4.74 Å². The lowest BCUT2D eigenvalue weighted by molar-refractivity contribution is 0.141. The largest absolute Gasteiger partial charge is 0.380 e. The number of anilines is 1. The molecule has 0 fully saturated rings. The van der Waals surface area contributed by atoms with Crippen LogP contribution in [0.15, 0.2) is 29.2 Å². The second-order valence-electron chi connectivity index (χ2n) is 3.58. The van der Waals surface area contributed by atoms with Gasteiger partial charge in [0.05, 0.1) is 6.61 Å². The molecule has 1 aromatic carbocycles. The van der Waals surface area contributed by atoms with Gasteiger partial charge in [0.15, 0.2) is 0 Å². The van der Waals surface area contributed by atoms with Gasteiger partial charge in [-0.05, 0) is 26.0 Å². The summed E-state index contributed by atoms with van der Waals surface area (Å²) >= 11 is 0.554. The molecule has 1 aromatic rings. The van der Waals surface area contributed by atoms with Gasteiger partial charge in [0.1, 0.15) is 0 Å². The molecule has 0 saturated carbocycles. The van der Waals surface area contributed by atoms with Crippen LogP contribution in [0.2, 0.25) is 0 Å². The minimum Gasteiger partial charge on any atom is -0.380 e. The molecule has 0 aliphatic rings. The monoisotopic (exact) mass is 261 g/mol. The van der Waals surface area contributed by atoms with Gasteiger partial charge in [0, 0.05) is 23.2 Å². The van der Waals surface area contributed by atoms with E-state index in [4.69, 9.17) is 4.74 Å². The van der Waals surface area contributed by atoms with Crippen molar-refractivity contribution in [2.45, 2.75) is 30.5 Å². The van der Waals surface area contributed by atoms with Gasteiger partial charge in [-0.2, -0.15) is 8.78 Å². The SMILES string of the molecule is CCOCC(C)Nc1ccccc1SC(F)F. The third kappa shape index (κ3) is 5.37. The highest BCUT2D eigenvalue weighted by Crippen LogP contribution is 2.31. The van der Waals surface area contributed by atoms with Crippen LogP contribution in [0.3, 0.4) is 0 Å². The molecule has 17 heavy (non-hydrogen) atoms. The van der Waals surface area contributed by atoms with E-state index in [2.05, 4.69) is 5.32 Å². The first-order chi connectivity index (χ1) is 8.13. The van der Waals surface area contributed by atoms with Crippen LogP contribution >= 0.6 is 11.8 Å². The average molecular weight is 261 g/mol. The van der Waals surface area contributed by atoms with Crippen molar-refractivity contribution in [3.63, 3.8) is 0 Å². The molecule has 1 rings (SSSR count). The highest BCUT2D eigenvalue weighted by molar-refractivity contribution is 7.99. The Bertz CT molecular complexity index is 336. The first-order valence-corrected chi connectivity index (χ1v) is 6.39. The van der Waals surface area contributed by atoms with E-state index in [0.29, 0.717) is 29.9 Å². The molecule has 0 heterocycles. The van der Waals surface area contributed by atoms with E-state index < -0.39 is 5.76 Å². The standard InChI is InChI=1S/C12H17F2NOS/c1-3-16-8-9(2)15-10-6-4-5-7-11(10)17-12(13)14/h4-7,9,12,15H,3,8H2,1-2H3. The lowest BCUT2D eigenvalue weighted by atomic mass is 10.3. The van der Waals surface area contributed by atoms with Crippen LogP contribution < -0.4 is 5.32 Å². The van der Waals surface area contributed by atoms with Gasteiger partial charge in [-0.25, -0.2) is 0 Å². The maximum Gasteiger partial charge on any atom is 0.288 e. The topological polar surface area (TPSA) is 21.3 Å². The van der Waals surface area contributed by atoms with Gasteiger partial charge in [-0.15, -0.1) is 0 Å². The Hall–Kier alpha value is -0.810. The van der Waals surface area contributed by atoms with Crippen LogP contribution in [0.4, 0.5) is 14.5 Å². The lowest BCUT2D eigenvalue weighted by Gasteiger charge is -2.17. The van der Waals surface area contributed by atoms with Crippen LogP contribution in [0.25, 0.3) is 0 Å². The minimum absolute atomic E-state index is 0.0920. The van der Waals surface area contributed by atoms with E-state index in [1.165, 1.54) is 0 Å². The quantitative estimate of drug-likeness (QED) is 0.753. The number of ether oxygens (including phenoxy) is 1. The van der Waals surface area contributed by atoms with Crippen molar-refractivity contribution in [1.29, 1.82) is 0 Å². The molecular formula is C12H17F2NOS. The molecule has 0 aliphatic carbocycles. The van der Waals surface area contributed by atoms with Gasteiger partial charge >= 0.3 is 0 Å². The zero-order valence-electron chi connectivity index (χ0n) is 9.95. The number of para-hydroxylation sites is 1. The Morgan fingerprint density at radius 3 is 2.71 bits per heavy atom. The van der Waals surface area contributed by atoms with Gasteiger partial charge in [0.25, 0.3) is 5.76 Å². The van der Waals surface area contributed by atoms with Gasteiger partial charge in [-0.1, -0.05) is 23.9 Å². The molecule has 1 unspecified atom stereocenters. The van der Waals surface area contributed by atoms with Crippen molar-refractivity contribution in [3.8, 4) is 0 Å². The molecule has 96 valence electrons. The number of thioether (sulfide) groups is 1. The molecule has 0 radical (unpaired) electrons. The van der Waals surface area contributed by atoms with E-state index in [9.17, 15) is 8.78 Å². The van der Waals surface area contributed by atoms with Crippen molar-refractivity contribution in [2.75, 3.05) is 18.5 Å². The molecule has 0 spiro atoms. The highest BCUT2D eigenvalue weighted by atomic mass is 32.2. The fourth-order valence-corrected chi connectivity index (χ4v) is 1.99. The lowest BCUT2D eigenvalue weighted by Crippen LogP contribution is -2.22. The average Bonchev–Trinajstić information content (AvgIpc) is 2.28. The van der Waals surface area contributed by atoms with Crippen molar-refractivity contribution >= 4 is 17.4 Å². The fraction of sp³-hybridized carbons (Fsp3) is 0.500. The normalized spacial score (nSPS) is 12.8. The number of hydrogen-bond acceptors (Lipinski definition) is 3. The summed E-state index contributed by atoms with van der Waals surface area (Å²) in [6, 6.07) is 7.16. The number of nitrogens with one attached hydrogen (secondary N) is 1. The summed E-state index contributed by atoms with van der Waals surface area (Å²) in [7, 11) is 0. The second kappa shape index (κ2) is 7.50. The van der Waals surface area contributed by atoms with E-state index >= 15 is 0 Å². The summed E-state index contributed by atoms with van der Waals surface area (Å²) in [5.74, 6) is -2.40. The molecule has 0 amide bonds. The van der Waals surface area contributed by atoms with Gasteiger partial charge in [0.2, 0.25) is 0 Å². The Morgan fingerprint density at radius 1 is 1.35 bits per heavy atom. The smallest absolute Gasteiger partial charge is 0.288 e. The summed E-state index contributed by atoms with van der Waals surface area (Å²) in [4.78, 5) is 0.561. The fourth-order valence-electron chi connectivity index (χ4n) is 1.39. The molecule has 5 heteroatoms. The first kappa shape index (κ1) is 14.3. The Morgan fingerprint density at radius 2 is 2.06 bits per heavy atom. The van der Waals surface area contributed by atoms with Crippen LogP contribution in [0.5, 0.6) is 0 Å². The summed E-state index contributed by atoms with van der Waals surface area (Å²) in [6.07, 6.45) is 0. The summed E-state index contributed by atoms with van der Waals surface area (Å²) in [5, 5.41) is 3.17. The number of benzene rings is 1. The van der Waals surface area contributed by atoms with E-state index in [-0.39, 0.29) is 6.04 Å². The third-order valence-electron chi connectivity index (χ3n) is 2.08. The predicted molar refractivity (Wildman–Crippen MR) is 67.9 cm³/mol. The zero-order valence-corrected chi connectivity index (χ0v) is 10.8. The van der Waals surface area contributed by atoms with E-state index in [0.717, 1.165) is 5.69 Å². The Labute approximate surface area is 105 Å². The van der Waals surface area contributed by atoms with Crippen molar-refractivity contribution in [1.82, 2.24) is 0 Å². The molecule has 1 atom stereocenters. The predicted octanol–water partition coefficient (Wildman–Crippen LogP) is 3.84. The molecule has 0 saturated heterocycles. The Balaban J connectivity index is 2.62. The zero-order chi connectivity index (χ0) is 12.7. The van der Waals surface area contributed by atoms with Crippen molar-refractivity contribution in [3.05, 3.63) is 24.3 Å². The van der Waals surface area contributed by atoms with Gasteiger partial charge < -0.3 is 10.1 Å². The first-order valence-electron chi connectivity index (χ1n) is 5.51. The number of rotatable bonds is 7. The molecule has 0 aliphatic heterocycles. The molecule has 0 aromatic heterocycles.